The minimum absolute atomic E-state index is 0.230. The van der Waals surface area contributed by atoms with E-state index in [-0.39, 0.29) is 18.1 Å². The van der Waals surface area contributed by atoms with Crippen LogP contribution in [0.4, 0.5) is 13.2 Å². The summed E-state index contributed by atoms with van der Waals surface area (Å²) >= 11 is 6.09. The zero-order valence-electron chi connectivity index (χ0n) is 22.2. The van der Waals surface area contributed by atoms with E-state index in [0.29, 0.717) is 58.7 Å². The molecule has 2 aromatic heterocycles. The number of rotatable bonds is 11. The van der Waals surface area contributed by atoms with Gasteiger partial charge in [0.25, 0.3) is 5.56 Å². The maximum atomic E-state index is 13.6. The Balaban J connectivity index is 1.39. The summed E-state index contributed by atoms with van der Waals surface area (Å²) in [5.41, 5.74) is 3.38. The molecular formula is C30H26ClF3N4O4. The van der Waals surface area contributed by atoms with Gasteiger partial charge in [-0.1, -0.05) is 48.0 Å². The minimum atomic E-state index is -4.48. The van der Waals surface area contributed by atoms with E-state index >= 15 is 0 Å². The Bertz CT molecular complexity index is 1760. The quantitative estimate of drug-likeness (QED) is 0.157. The number of halogens is 4. The molecule has 0 atom stereocenters. The number of carboxylic acid groups (broad SMARTS) is 1. The largest absolute Gasteiger partial charge is 0.480 e. The van der Waals surface area contributed by atoms with Crippen LogP contribution >= 0.6 is 11.6 Å². The molecule has 0 spiro atoms. The van der Waals surface area contributed by atoms with Gasteiger partial charge in [0.1, 0.15) is 6.61 Å². The van der Waals surface area contributed by atoms with Crippen LogP contribution in [0.3, 0.4) is 0 Å². The number of carboxylic acids is 1. The van der Waals surface area contributed by atoms with Crippen LogP contribution in [0.2, 0.25) is 5.02 Å². The first-order valence-corrected chi connectivity index (χ1v) is 13.5. The van der Waals surface area contributed by atoms with E-state index in [1.54, 1.807) is 18.2 Å². The molecule has 42 heavy (non-hydrogen) atoms. The second-order valence-electron chi connectivity index (χ2n) is 9.77. The third kappa shape index (κ3) is 6.75. The van der Waals surface area contributed by atoms with Crippen molar-refractivity contribution in [1.82, 2.24) is 19.7 Å². The minimum Gasteiger partial charge on any atom is -0.480 e. The van der Waals surface area contributed by atoms with Gasteiger partial charge < -0.3 is 14.8 Å². The summed E-state index contributed by atoms with van der Waals surface area (Å²) in [7, 11) is 0. The second-order valence-corrected chi connectivity index (χ2v) is 10.2. The van der Waals surface area contributed by atoms with Crippen molar-refractivity contribution in [2.24, 2.45) is 0 Å². The third-order valence-corrected chi connectivity index (χ3v) is 7.03. The Morgan fingerprint density at radius 2 is 1.67 bits per heavy atom. The fourth-order valence-electron chi connectivity index (χ4n) is 4.67. The number of carbonyl (C=O) groups is 1. The molecule has 218 valence electrons. The lowest BCUT2D eigenvalue weighted by molar-refractivity contribution is -0.142. The highest BCUT2D eigenvalue weighted by Crippen LogP contribution is 2.31. The van der Waals surface area contributed by atoms with Gasteiger partial charge in [0, 0.05) is 17.2 Å². The van der Waals surface area contributed by atoms with E-state index in [1.165, 1.54) is 16.8 Å². The SMILES string of the molecule is O=C(O)COCCCc1ccc(CCc2c(-c3ccc(C(F)(F)F)cc3)[nH]n(-c3nc4ccc(Cl)cc4[nH]3)c2=O)cc1. The first kappa shape index (κ1) is 29.2. The van der Waals surface area contributed by atoms with Crippen LogP contribution in [0.1, 0.15) is 28.7 Å². The molecule has 3 N–H and O–H groups in total. The van der Waals surface area contributed by atoms with Gasteiger partial charge in [-0.25, -0.2) is 9.78 Å². The van der Waals surface area contributed by atoms with E-state index in [9.17, 15) is 22.8 Å². The summed E-state index contributed by atoms with van der Waals surface area (Å²) < 4.78 is 45.9. The number of ether oxygens (including phenoxy) is 1. The van der Waals surface area contributed by atoms with Gasteiger partial charge in [0.2, 0.25) is 5.95 Å². The Kier molecular flexibility index (Phi) is 8.51. The first-order valence-electron chi connectivity index (χ1n) is 13.1. The molecule has 0 unspecified atom stereocenters. The van der Waals surface area contributed by atoms with Crippen LogP contribution in [0.15, 0.2) is 71.5 Å². The Morgan fingerprint density at radius 3 is 2.33 bits per heavy atom. The van der Waals surface area contributed by atoms with Gasteiger partial charge in [-0.15, -0.1) is 0 Å². The lowest BCUT2D eigenvalue weighted by Gasteiger charge is -2.08. The number of nitrogens with one attached hydrogen (secondary N) is 2. The number of hydrogen-bond donors (Lipinski definition) is 3. The van der Waals surface area contributed by atoms with Crippen LogP contribution in [-0.4, -0.2) is 44.0 Å². The van der Waals surface area contributed by atoms with Crippen LogP contribution in [0.25, 0.3) is 28.2 Å². The fourth-order valence-corrected chi connectivity index (χ4v) is 4.84. The fraction of sp³-hybridized carbons (Fsp3) is 0.233. The molecule has 0 saturated heterocycles. The number of aliphatic carboxylic acids is 1. The van der Waals surface area contributed by atoms with Crippen molar-refractivity contribution < 1.29 is 27.8 Å². The highest BCUT2D eigenvalue weighted by molar-refractivity contribution is 6.31. The molecule has 0 amide bonds. The number of hydrogen-bond acceptors (Lipinski definition) is 4. The van der Waals surface area contributed by atoms with Crippen molar-refractivity contribution in [3.8, 4) is 17.2 Å². The van der Waals surface area contributed by atoms with Gasteiger partial charge in [0.05, 0.1) is 22.3 Å². The average molecular weight is 599 g/mol. The summed E-state index contributed by atoms with van der Waals surface area (Å²) in [4.78, 5) is 31.7. The molecule has 5 rings (SSSR count). The molecule has 0 radical (unpaired) electrons. The summed E-state index contributed by atoms with van der Waals surface area (Å²) in [5, 5.41) is 12.2. The molecule has 2 heterocycles. The van der Waals surface area contributed by atoms with Gasteiger partial charge >= 0.3 is 12.1 Å². The maximum absolute atomic E-state index is 13.6. The molecule has 12 heteroatoms. The number of imidazole rings is 1. The predicted octanol–water partition coefficient (Wildman–Crippen LogP) is 6.20. The highest BCUT2D eigenvalue weighted by Gasteiger charge is 2.30. The highest BCUT2D eigenvalue weighted by atomic mass is 35.5. The molecule has 5 aromatic rings. The van der Waals surface area contributed by atoms with Gasteiger partial charge in [-0.3, -0.25) is 9.89 Å². The van der Waals surface area contributed by atoms with Gasteiger partial charge in [-0.2, -0.15) is 17.9 Å². The van der Waals surface area contributed by atoms with Crippen molar-refractivity contribution in [2.75, 3.05) is 13.2 Å². The summed E-state index contributed by atoms with van der Waals surface area (Å²) in [6.45, 7) is 0.0256. The number of aromatic amines is 2. The Labute approximate surface area is 242 Å². The number of H-pyrrole nitrogens is 2. The maximum Gasteiger partial charge on any atom is 0.416 e. The number of aromatic nitrogens is 4. The number of fused-ring (bicyclic) bond motifs is 1. The lowest BCUT2D eigenvalue weighted by atomic mass is 9.99. The number of aryl methyl sites for hydroxylation is 2. The normalized spacial score (nSPS) is 11.8. The molecule has 0 aliphatic heterocycles. The predicted molar refractivity (Wildman–Crippen MR) is 152 cm³/mol. The average Bonchev–Trinajstić information content (AvgIpc) is 3.52. The van der Waals surface area contributed by atoms with Crippen molar-refractivity contribution in [2.45, 2.75) is 31.9 Å². The van der Waals surface area contributed by atoms with Crippen LogP contribution in [0, 0.1) is 0 Å². The monoisotopic (exact) mass is 598 g/mol. The molecule has 0 aliphatic rings. The standard InChI is InChI=1S/C30H26ClF3N4O4/c31-22-12-14-24-25(16-22)36-29(35-24)38-28(41)23(27(37-38)20-8-10-21(11-9-20)30(32,33)34)13-7-19-5-3-18(4-6-19)2-1-15-42-17-26(39)40/h3-6,8-12,14,16,37H,1-2,7,13,15,17H2,(H,35,36)(H,39,40). The molecule has 3 aromatic carbocycles. The third-order valence-electron chi connectivity index (χ3n) is 6.80. The smallest absolute Gasteiger partial charge is 0.416 e. The van der Waals surface area contributed by atoms with Crippen molar-refractivity contribution in [1.29, 1.82) is 0 Å². The molecule has 8 nitrogen and oxygen atoms in total. The zero-order valence-corrected chi connectivity index (χ0v) is 22.9. The molecule has 0 saturated carbocycles. The number of nitrogens with zero attached hydrogens (tertiary/aromatic N) is 2. The molecule has 0 aliphatic carbocycles. The van der Waals surface area contributed by atoms with Crippen LogP contribution < -0.4 is 5.56 Å². The topological polar surface area (TPSA) is 113 Å². The van der Waals surface area contributed by atoms with Gasteiger partial charge in [-0.05, 0) is 72.7 Å². The number of alkyl halides is 3. The molecular weight excluding hydrogens is 573 g/mol. The Hall–Kier alpha value is -4.35. The zero-order chi connectivity index (χ0) is 29.9. The van der Waals surface area contributed by atoms with Crippen LogP contribution in [-0.2, 0) is 35.0 Å². The van der Waals surface area contributed by atoms with E-state index in [0.717, 1.165) is 29.7 Å². The van der Waals surface area contributed by atoms with Crippen molar-refractivity contribution >= 4 is 28.6 Å². The molecule has 0 bridgehead atoms. The molecule has 0 fully saturated rings. The Morgan fingerprint density at radius 1 is 0.976 bits per heavy atom. The summed E-state index contributed by atoms with van der Waals surface area (Å²) in [5.74, 6) is -0.772. The lowest BCUT2D eigenvalue weighted by Crippen LogP contribution is -2.18. The van der Waals surface area contributed by atoms with Crippen LogP contribution in [0.5, 0.6) is 0 Å². The van der Waals surface area contributed by atoms with E-state index in [2.05, 4.69) is 15.1 Å². The van der Waals surface area contributed by atoms with Crippen molar-refractivity contribution in [3.05, 3.63) is 104 Å². The second kappa shape index (κ2) is 12.3. The van der Waals surface area contributed by atoms with Crippen molar-refractivity contribution in [3.63, 3.8) is 0 Å². The summed E-state index contributed by atoms with van der Waals surface area (Å²) in [6.07, 6.45) is -2.23. The number of benzene rings is 3. The first-order chi connectivity index (χ1) is 20.1. The van der Waals surface area contributed by atoms with Gasteiger partial charge in [0.15, 0.2) is 0 Å². The van der Waals surface area contributed by atoms with E-state index in [4.69, 9.17) is 21.4 Å². The van der Waals surface area contributed by atoms with E-state index < -0.39 is 17.7 Å². The summed E-state index contributed by atoms with van der Waals surface area (Å²) in [6, 6.07) is 17.6. The van der Waals surface area contributed by atoms with E-state index in [1.807, 2.05) is 24.3 Å².